The first kappa shape index (κ1) is 18.8. The van der Waals surface area contributed by atoms with Crippen LogP contribution in [0.1, 0.15) is 20.8 Å². The monoisotopic (exact) mass is 274 g/mol. The Labute approximate surface area is 98.3 Å². The highest BCUT2D eigenvalue weighted by Crippen LogP contribution is 2.23. The lowest BCUT2D eigenvalue weighted by Gasteiger charge is -1.94. The van der Waals surface area contributed by atoms with Crippen LogP contribution in [-0.2, 0) is 4.79 Å². The number of carbonyl (C=O) groups excluding carboxylic acids is 1. The summed E-state index contributed by atoms with van der Waals surface area (Å²) in [5.41, 5.74) is 0. The van der Waals surface area contributed by atoms with Crippen molar-refractivity contribution < 1.29 is 4.79 Å². The average molecular weight is 276 g/mol. The Balaban J connectivity index is -0.000000105. The fourth-order valence-corrected chi connectivity index (χ4v) is 0. The number of rotatable bonds is 0. The Morgan fingerprint density at radius 3 is 1.17 bits per heavy atom. The summed E-state index contributed by atoms with van der Waals surface area (Å²) in [5.74, 6) is 0.167. The second kappa shape index (κ2) is 12.1. The summed E-state index contributed by atoms with van der Waals surface area (Å²) in [5, 5.41) is 0.194. The minimum atomic E-state index is -1.08. The molecule has 0 aromatic carbocycles. The molecule has 0 saturated carbocycles. The Kier molecular flexibility index (Phi) is 19.0. The molecule has 12 heavy (non-hydrogen) atoms. The Morgan fingerprint density at radius 2 is 1.17 bits per heavy atom. The van der Waals surface area contributed by atoms with Crippen molar-refractivity contribution in [2.75, 3.05) is 5.34 Å². The van der Waals surface area contributed by atoms with E-state index in [0.29, 0.717) is 0 Å². The molecule has 0 bridgehead atoms. The number of ketones is 1. The SMILES string of the molecule is CC(C)=O.CC(Cl)(Cl)Cl.ClCCl. The number of halogens is 5. The van der Waals surface area contributed by atoms with Crippen molar-refractivity contribution in [3.05, 3.63) is 0 Å². The van der Waals surface area contributed by atoms with Crippen LogP contribution in [-0.4, -0.2) is 14.9 Å². The molecule has 0 fully saturated rings. The maximum Gasteiger partial charge on any atom is 0.187 e. The van der Waals surface area contributed by atoms with E-state index in [9.17, 15) is 4.79 Å². The molecular weight excluding hydrogens is 265 g/mol. The van der Waals surface area contributed by atoms with Gasteiger partial charge < -0.3 is 4.79 Å². The third kappa shape index (κ3) is 908. The highest BCUT2D eigenvalue weighted by atomic mass is 35.6. The van der Waals surface area contributed by atoms with Crippen molar-refractivity contribution in [2.45, 2.75) is 24.6 Å². The van der Waals surface area contributed by atoms with Crippen LogP contribution < -0.4 is 0 Å². The van der Waals surface area contributed by atoms with Gasteiger partial charge in [0.15, 0.2) is 3.79 Å². The quantitative estimate of drug-likeness (QED) is 0.600. The van der Waals surface area contributed by atoms with Crippen LogP contribution in [0, 0.1) is 0 Å². The first-order valence-corrected chi connectivity index (χ1v) is 5.01. The molecule has 0 radical (unpaired) electrons. The van der Waals surface area contributed by atoms with E-state index in [4.69, 9.17) is 58.0 Å². The lowest BCUT2D eigenvalue weighted by Crippen LogP contribution is -1.87. The van der Waals surface area contributed by atoms with E-state index < -0.39 is 3.79 Å². The first-order valence-electron chi connectivity index (χ1n) is 2.81. The van der Waals surface area contributed by atoms with Gasteiger partial charge in [0.2, 0.25) is 0 Å². The smallest absolute Gasteiger partial charge is 0.187 e. The summed E-state index contributed by atoms with van der Waals surface area (Å²) < 4.78 is -1.08. The van der Waals surface area contributed by atoms with Crippen LogP contribution in [0.5, 0.6) is 0 Å². The van der Waals surface area contributed by atoms with Crippen LogP contribution in [0.25, 0.3) is 0 Å². The third-order valence-electron chi connectivity index (χ3n) is 0. The second-order valence-electron chi connectivity index (χ2n) is 1.79. The lowest BCUT2D eigenvalue weighted by molar-refractivity contribution is -0.114. The number of alkyl halides is 5. The molecule has 0 aromatic heterocycles. The molecule has 0 aliphatic rings. The zero-order chi connectivity index (χ0) is 10.8. The van der Waals surface area contributed by atoms with Gasteiger partial charge >= 0.3 is 0 Å². The van der Waals surface area contributed by atoms with Gasteiger partial charge in [-0.25, -0.2) is 0 Å². The predicted octanol–water partition coefficient (Wildman–Crippen LogP) is 4.39. The Hall–Kier alpha value is 1.12. The molecule has 0 atom stereocenters. The lowest BCUT2D eigenvalue weighted by atomic mass is 10.6. The van der Waals surface area contributed by atoms with Gasteiger partial charge in [-0.3, -0.25) is 0 Å². The molecule has 76 valence electrons. The number of Topliss-reactive ketones (excluding diaryl/α,β-unsaturated/α-hetero) is 1. The van der Waals surface area contributed by atoms with Crippen molar-refractivity contribution in [3.8, 4) is 0 Å². The van der Waals surface area contributed by atoms with Crippen LogP contribution >= 0.6 is 58.0 Å². The molecule has 6 heteroatoms. The summed E-state index contributed by atoms with van der Waals surface area (Å²) in [6.45, 7) is 4.54. The summed E-state index contributed by atoms with van der Waals surface area (Å²) in [7, 11) is 0. The van der Waals surface area contributed by atoms with Crippen molar-refractivity contribution in [2.24, 2.45) is 0 Å². The minimum absolute atomic E-state index is 0.167. The van der Waals surface area contributed by atoms with Gasteiger partial charge in [-0.15, -0.1) is 23.2 Å². The van der Waals surface area contributed by atoms with Crippen LogP contribution in [0.3, 0.4) is 0 Å². The van der Waals surface area contributed by atoms with Gasteiger partial charge in [0.05, 0.1) is 5.34 Å². The summed E-state index contributed by atoms with van der Waals surface area (Å²) in [6, 6.07) is 0. The molecular formula is C6H11Cl5O. The van der Waals surface area contributed by atoms with Crippen molar-refractivity contribution in [1.82, 2.24) is 0 Å². The Bertz CT molecular complexity index is 88.6. The van der Waals surface area contributed by atoms with E-state index in [2.05, 4.69) is 0 Å². The molecule has 0 aliphatic carbocycles. The van der Waals surface area contributed by atoms with Gasteiger partial charge in [0.1, 0.15) is 5.78 Å². The molecule has 0 N–H and O–H groups in total. The van der Waals surface area contributed by atoms with E-state index >= 15 is 0 Å². The highest BCUT2D eigenvalue weighted by molar-refractivity contribution is 6.67. The van der Waals surface area contributed by atoms with Crippen molar-refractivity contribution in [1.29, 1.82) is 0 Å². The number of hydrogen-bond donors (Lipinski definition) is 0. The molecule has 0 amide bonds. The molecule has 0 spiro atoms. The zero-order valence-electron chi connectivity index (χ0n) is 7.01. The normalized spacial score (nSPS) is 8.67. The number of hydrogen-bond acceptors (Lipinski definition) is 1. The average Bonchev–Trinajstić information content (AvgIpc) is 1.56. The molecule has 1 nitrogen and oxygen atoms in total. The zero-order valence-corrected chi connectivity index (χ0v) is 10.8. The summed E-state index contributed by atoms with van der Waals surface area (Å²) in [4.78, 5) is 9.44. The van der Waals surface area contributed by atoms with Gasteiger partial charge in [-0.05, 0) is 20.8 Å². The van der Waals surface area contributed by atoms with Gasteiger partial charge in [-0.1, -0.05) is 34.8 Å². The number of carbonyl (C=O) groups is 1. The molecule has 0 aliphatic heterocycles. The summed E-state index contributed by atoms with van der Waals surface area (Å²) in [6.07, 6.45) is 0. The highest BCUT2D eigenvalue weighted by Gasteiger charge is 2.07. The maximum atomic E-state index is 9.44. The van der Waals surface area contributed by atoms with Crippen molar-refractivity contribution in [3.63, 3.8) is 0 Å². The topological polar surface area (TPSA) is 17.1 Å². The maximum absolute atomic E-state index is 9.44. The van der Waals surface area contributed by atoms with E-state index in [-0.39, 0.29) is 11.1 Å². The second-order valence-corrected chi connectivity index (χ2v) is 5.45. The summed E-state index contributed by atoms with van der Waals surface area (Å²) >= 11 is 24.7. The van der Waals surface area contributed by atoms with E-state index in [1.165, 1.54) is 20.8 Å². The standard InChI is InChI=1S/C3H6O.C2H3Cl3.CH2Cl2/c1-3(2)4;1-2(3,4)5;2-1-3/h1-2H3;1H3;1H2. The van der Waals surface area contributed by atoms with Crippen LogP contribution in [0.4, 0.5) is 0 Å². The molecule has 0 rings (SSSR count). The van der Waals surface area contributed by atoms with E-state index in [1.54, 1.807) is 0 Å². The molecule has 0 heterocycles. The largest absolute Gasteiger partial charge is 0.300 e. The van der Waals surface area contributed by atoms with Gasteiger partial charge in [0, 0.05) is 0 Å². The van der Waals surface area contributed by atoms with Crippen LogP contribution in [0.15, 0.2) is 0 Å². The third-order valence-corrected chi connectivity index (χ3v) is 0. The fourth-order valence-electron chi connectivity index (χ4n) is 0. The fraction of sp³-hybridized carbons (Fsp3) is 0.833. The predicted molar refractivity (Wildman–Crippen MR) is 58.9 cm³/mol. The van der Waals surface area contributed by atoms with Crippen LogP contribution in [0.2, 0.25) is 0 Å². The van der Waals surface area contributed by atoms with Crippen molar-refractivity contribution >= 4 is 63.8 Å². The minimum Gasteiger partial charge on any atom is -0.300 e. The molecule has 0 aromatic rings. The molecule has 0 saturated heterocycles. The van der Waals surface area contributed by atoms with E-state index in [1.807, 2.05) is 0 Å². The Morgan fingerprint density at radius 1 is 1.17 bits per heavy atom. The van der Waals surface area contributed by atoms with Gasteiger partial charge in [-0.2, -0.15) is 0 Å². The van der Waals surface area contributed by atoms with Gasteiger partial charge in [0.25, 0.3) is 0 Å². The first-order chi connectivity index (χ1) is 5.15. The van der Waals surface area contributed by atoms with E-state index in [0.717, 1.165) is 0 Å². The molecule has 0 unspecified atom stereocenters.